The van der Waals surface area contributed by atoms with Gasteiger partial charge in [-0.1, -0.05) is 23.7 Å². The highest BCUT2D eigenvalue weighted by Gasteiger charge is 2.28. The highest BCUT2D eigenvalue weighted by Crippen LogP contribution is 2.41. The van der Waals surface area contributed by atoms with Crippen LogP contribution in [0.2, 0.25) is 5.02 Å². The Labute approximate surface area is 284 Å². The molecule has 248 valence electrons. The van der Waals surface area contributed by atoms with Gasteiger partial charge in [0, 0.05) is 42.7 Å². The maximum Gasteiger partial charge on any atom is 0.354 e. The van der Waals surface area contributed by atoms with Crippen molar-refractivity contribution in [3.8, 4) is 17.0 Å². The number of methoxy groups -OCH3 is 1. The summed E-state index contributed by atoms with van der Waals surface area (Å²) in [6.07, 6.45) is 7.20. The third-order valence-electron chi connectivity index (χ3n) is 9.57. The van der Waals surface area contributed by atoms with E-state index in [9.17, 15) is 9.18 Å². The molecule has 0 spiro atoms. The average Bonchev–Trinajstić information content (AvgIpc) is 3.72. The van der Waals surface area contributed by atoms with Crippen molar-refractivity contribution in [3.63, 3.8) is 0 Å². The van der Waals surface area contributed by atoms with Gasteiger partial charge in [-0.05, 0) is 110 Å². The summed E-state index contributed by atoms with van der Waals surface area (Å²) in [7, 11) is 5.34. The Hall–Kier alpha value is -4.63. The van der Waals surface area contributed by atoms with Gasteiger partial charge >= 0.3 is 5.97 Å². The van der Waals surface area contributed by atoms with E-state index in [1.54, 1.807) is 12.1 Å². The van der Waals surface area contributed by atoms with Crippen molar-refractivity contribution in [3.05, 3.63) is 99.3 Å². The molecule has 0 N–H and O–H groups in total. The number of esters is 1. The number of hydrogen-bond acceptors (Lipinski definition) is 5. The molecule has 3 aromatic heterocycles. The molecule has 0 saturated heterocycles. The van der Waals surface area contributed by atoms with Gasteiger partial charge in [-0.25, -0.2) is 9.18 Å². The second-order valence-corrected chi connectivity index (χ2v) is 12.9. The standard InChI is InChI=1S/C38H39ClFN5O3/c1-5-45-36-31-15-16-32(39)34(36)35-24(22-41-44(35)3)8-6-9-27-21-28(43(2)42-27)13-11-23-18-25-20-26(40)12-14-29(25)33(19-23)48-17-7-10-30(31)37(45)38(46)47-4/h12,14-16,18-22H,5-11,13,17H2,1-4H3. The maximum absolute atomic E-state index is 14.3. The zero-order chi connectivity index (χ0) is 33.5. The van der Waals surface area contributed by atoms with Crippen LogP contribution in [0.4, 0.5) is 4.39 Å². The van der Waals surface area contributed by atoms with E-state index in [0.717, 1.165) is 98.9 Å². The van der Waals surface area contributed by atoms with Crippen LogP contribution in [0.25, 0.3) is 32.9 Å². The first-order valence-corrected chi connectivity index (χ1v) is 16.9. The Morgan fingerprint density at radius 2 is 1.81 bits per heavy atom. The van der Waals surface area contributed by atoms with Crippen molar-refractivity contribution in [2.24, 2.45) is 14.1 Å². The van der Waals surface area contributed by atoms with Crippen molar-refractivity contribution in [1.29, 1.82) is 0 Å². The number of aryl methyl sites for hydroxylation is 8. The van der Waals surface area contributed by atoms with E-state index in [2.05, 4.69) is 23.3 Å². The summed E-state index contributed by atoms with van der Waals surface area (Å²) in [6, 6.07) is 15.0. The van der Waals surface area contributed by atoms with E-state index in [0.29, 0.717) is 36.7 Å². The fourth-order valence-electron chi connectivity index (χ4n) is 7.33. The maximum atomic E-state index is 14.3. The lowest BCUT2D eigenvalue weighted by atomic mass is 9.98. The third kappa shape index (κ3) is 5.74. The Morgan fingerprint density at radius 1 is 0.979 bits per heavy atom. The molecule has 6 aromatic rings. The lowest BCUT2D eigenvalue weighted by Gasteiger charge is -2.14. The van der Waals surface area contributed by atoms with Crippen molar-refractivity contribution in [1.82, 2.24) is 24.1 Å². The number of nitrogens with zero attached hydrogens (tertiary/aromatic N) is 5. The van der Waals surface area contributed by atoms with Crippen LogP contribution in [0.1, 0.15) is 58.3 Å². The molecule has 1 aliphatic heterocycles. The summed E-state index contributed by atoms with van der Waals surface area (Å²) in [5.41, 5.74) is 8.49. The van der Waals surface area contributed by atoms with Crippen molar-refractivity contribution >= 4 is 39.2 Å². The number of benzene rings is 3. The number of carbonyl (C=O) groups excluding carboxylic acids is 1. The molecule has 8 bridgehead atoms. The minimum absolute atomic E-state index is 0.278. The SMILES string of the molecule is CCn1c(C(=O)OC)c2c3ccc(Cl)c(c31)-c1c(cnn1C)CCCc1cc(n(C)n1)CCc1cc(c3ccc(F)cc3c1)OCCC2. The normalized spacial score (nSPS) is 14.1. The fraction of sp³-hybridized carbons (Fsp3) is 0.342. The van der Waals surface area contributed by atoms with E-state index in [4.69, 9.17) is 26.2 Å². The van der Waals surface area contributed by atoms with Gasteiger partial charge in [0.05, 0.1) is 41.8 Å². The minimum Gasteiger partial charge on any atom is -0.493 e. The topological polar surface area (TPSA) is 76.1 Å². The summed E-state index contributed by atoms with van der Waals surface area (Å²) >= 11 is 7.04. The molecule has 48 heavy (non-hydrogen) atoms. The van der Waals surface area contributed by atoms with Gasteiger partial charge in [-0.2, -0.15) is 10.2 Å². The zero-order valence-corrected chi connectivity index (χ0v) is 28.5. The van der Waals surface area contributed by atoms with Crippen LogP contribution >= 0.6 is 11.6 Å². The van der Waals surface area contributed by atoms with Crippen molar-refractivity contribution in [2.45, 2.75) is 58.4 Å². The molecule has 0 amide bonds. The lowest BCUT2D eigenvalue weighted by molar-refractivity contribution is 0.0587. The summed E-state index contributed by atoms with van der Waals surface area (Å²) in [5.74, 6) is 0.0570. The first-order valence-electron chi connectivity index (χ1n) is 16.6. The fourth-order valence-corrected chi connectivity index (χ4v) is 7.57. The van der Waals surface area contributed by atoms with Crippen LogP contribution in [0, 0.1) is 5.82 Å². The summed E-state index contributed by atoms with van der Waals surface area (Å²) in [5, 5.41) is 12.7. The molecule has 1 aliphatic rings. The number of fused-ring (bicyclic) bond motifs is 8. The Bertz CT molecular complexity index is 2180. The first-order chi connectivity index (χ1) is 23.3. The number of halogens is 2. The molecule has 0 atom stereocenters. The van der Waals surface area contributed by atoms with E-state index in [-0.39, 0.29) is 11.8 Å². The summed E-state index contributed by atoms with van der Waals surface area (Å²) in [6.45, 7) is 2.99. The largest absolute Gasteiger partial charge is 0.493 e. The van der Waals surface area contributed by atoms with Crippen LogP contribution in [0.5, 0.6) is 5.75 Å². The molecule has 7 rings (SSSR count). The number of carbonyl (C=O) groups is 1. The second-order valence-electron chi connectivity index (χ2n) is 12.5. The molecule has 8 nitrogen and oxygen atoms in total. The molecule has 3 aromatic carbocycles. The molecule has 0 unspecified atom stereocenters. The smallest absolute Gasteiger partial charge is 0.354 e. The molecule has 4 heterocycles. The van der Waals surface area contributed by atoms with E-state index < -0.39 is 0 Å². The van der Waals surface area contributed by atoms with Gasteiger partial charge < -0.3 is 14.0 Å². The second kappa shape index (κ2) is 13.1. The molecule has 0 aliphatic carbocycles. The molecule has 0 radical (unpaired) electrons. The molecular weight excluding hydrogens is 629 g/mol. The van der Waals surface area contributed by atoms with E-state index in [1.165, 1.54) is 13.2 Å². The number of rotatable bonds is 2. The molecule has 10 heteroatoms. The molecule has 0 fully saturated rings. The van der Waals surface area contributed by atoms with Crippen LogP contribution in [0.3, 0.4) is 0 Å². The van der Waals surface area contributed by atoms with Gasteiger partial charge in [0.25, 0.3) is 0 Å². The zero-order valence-electron chi connectivity index (χ0n) is 27.8. The van der Waals surface area contributed by atoms with Gasteiger partial charge in [0.1, 0.15) is 17.3 Å². The first kappa shape index (κ1) is 31.9. The number of ether oxygens (including phenoxy) is 2. The number of hydrogen-bond donors (Lipinski definition) is 0. The average molecular weight is 668 g/mol. The highest BCUT2D eigenvalue weighted by atomic mass is 35.5. The van der Waals surface area contributed by atoms with Crippen LogP contribution in [-0.2, 0) is 57.5 Å². The minimum atomic E-state index is -0.388. The monoisotopic (exact) mass is 667 g/mol. The van der Waals surface area contributed by atoms with Gasteiger partial charge in [-0.3, -0.25) is 9.36 Å². The Balaban J connectivity index is 1.37. The van der Waals surface area contributed by atoms with Crippen molar-refractivity contribution in [2.75, 3.05) is 13.7 Å². The Morgan fingerprint density at radius 3 is 2.62 bits per heavy atom. The van der Waals surface area contributed by atoms with Crippen LogP contribution in [-0.4, -0.2) is 43.8 Å². The Kier molecular flexibility index (Phi) is 8.73. The van der Waals surface area contributed by atoms with E-state index in [1.807, 2.05) is 53.3 Å². The predicted octanol–water partition coefficient (Wildman–Crippen LogP) is 7.81. The quantitative estimate of drug-likeness (QED) is 0.176. The molecule has 0 saturated carbocycles. The molecular formula is C38H39ClFN5O3. The highest BCUT2D eigenvalue weighted by molar-refractivity contribution is 6.35. The summed E-state index contributed by atoms with van der Waals surface area (Å²) < 4.78 is 32.0. The third-order valence-corrected chi connectivity index (χ3v) is 9.88. The van der Waals surface area contributed by atoms with Crippen molar-refractivity contribution < 1.29 is 18.7 Å². The van der Waals surface area contributed by atoms with Crippen LogP contribution < -0.4 is 4.74 Å². The van der Waals surface area contributed by atoms with Gasteiger partial charge in [0.2, 0.25) is 0 Å². The summed E-state index contributed by atoms with van der Waals surface area (Å²) in [4.78, 5) is 13.4. The van der Waals surface area contributed by atoms with Gasteiger partial charge in [0.15, 0.2) is 0 Å². The van der Waals surface area contributed by atoms with Gasteiger partial charge in [-0.15, -0.1) is 0 Å². The number of aromatic nitrogens is 5. The van der Waals surface area contributed by atoms with Crippen LogP contribution in [0.15, 0.2) is 54.7 Å². The lowest BCUT2D eigenvalue weighted by Crippen LogP contribution is -2.13. The predicted molar refractivity (Wildman–Crippen MR) is 187 cm³/mol. The van der Waals surface area contributed by atoms with E-state index >= 15 is 0 Å².